The summed E-state index contributed by atoms with van der Waals surface area (Å²) in [6.45, 7) is 8.13. The van der Waals surface area contributed by atoms with Crippen LogP contribution in [0, 0.1) is 0 Å². The Hall–Kier alpha value is -1.73. The van der Waals surface area contributed by atoms with Crippen LogP contribution in [0.5, 0.6) is 0 Å². The molecule has 3 heterocycles. The van der Waals surface area contributed by atoms with Crippen LogP contribution in [0.2, 0.25) is 0 Å². The fraction of sp³-hybridized carbons (Fsp3) is 0.500. The molecule has 1 saturated heterocycles. The predicted molar refractivity (Wildman–Crippen MR) is 82.6 cm³/mol. The number of fused-ring (bicyclic) bond motifs is 1. The minimum absolute atomic E-state index is 0.362. The third kappa shape index (κ3) is 2.36. The number of hydrogen-bond donors (Lipinski definition) is 1. The second kappa shape index (κ2) is 4.64. The quantitative estimate of drug-likeness (QED) is 0.841. The van der Waals surface area contributed by atoms with Crippen LogP contribution in [0.3, 0.4) is 0 Å². The lowest BCUT2D eigenvalue weighted by atomic mass is 9.80. The summed E-state index contributed by atoms with van der Waals surface area (Å²) in [5.41, 5.74) is 0.801. The van der Waals surface area contributed by atoms with Crippen molar-refractivity contribution in [3.8, 4) is 0 Å². The average molecular weight is 286 g/mol. The van der Waals surface area contributed by atoms with Crippen LogP contribution in [0.25, 0.3) is 11.0 Å². The van der Waals surface area contributed by atoms with Gasteiger partial charge in [0.2, 0.25) is 5.95 Å². The van der Waals surface area contributed by atoms with Crippen LogP contribution in [0.1, 0.15) is 27.7 Å². The molecule has 0 amide bonds. The molecule has 0 aromatic carbocycles. The molecule has 0 unspecified atom stereocenters. The van der Waals surface area contributed by atoms with Gasteiger partial charge < -0.3 is 14.6 Å². The van der Waals surface area contributed by atoms with Crippen molar-refractivity contribution >= 4 is 29.6 Å². The summed E-state index contributed by atoms with van der Waals surface area (Å²) in [5.74, 6) is 0.554. The van der Waals surface area contributed by atoms with Crippen molar-refractivity contribution in [1.29, 1.82) is 0 Å². The van der Waals surface area contributed by atoms with Gasteiger partial charge in [-0.15, -0.1) is 0 Å². The Labute approximate surface area is 124 Å². The van der Waals surface area contributed by atoms with Gasteiger partial charge in [0, 0.05) is 30.3 Å². The van der Waals surface area contributed by atoms with E-state index < -0.39 is 7.12 Å². The second-order valence-corrected chi connectivity index (χ2v) is 6.21. The van der Waals surface area contributed by atoms with Gasteiger partial charge in [-0.3, -0.25) is 0 Å². The molecule has 2 aromatic heterocycles. The first kappa shape index (κ1) is 14.2. The Bertz CT molecular complexity index is 674. The zero-order valence-electron chi connectivity index (χ0n) is 13.0. The number of nitrogens with one attached hydrogen (secondary N) is 1. The highest BCUT2D eigenvalue weighted by Gasteiger charge is 2.51. The summed E-state index contributed by atoms with van der Waals surface area (Å²) in [5, 5.41) is 3.76. The highest BCUT2D eigenvalue weighted by Crippen LogP contribution is 2.36. The average Bonchev–Trinajstić information content (AvgIpc) is 2.66. The minimum Gasteiger partial charge on any atom is -0.399 e. The lowest BCUT2D eigenvalue weighted by Gasteiger charge is -2.32. The molecular formula is C14H19BN4O2. The van der Waals surface area contributed by atoms with Crippen molar-refractivity contribution < 1.29 is 9.31 Å². The second-order valence-electron chi connectivity index (χ2n) is 6.21. The molecule has 0 spiro atoms. The zero-order valence-corrected chi connectivity index (χ0v) is 13.0. The van der Waals surface area contributed by atoms with E-state index >= 15 is 0 Å². The highest BCUT2D eigenvalue weighted by atomic mass is 16.7. The third-order valence-electron chi connectivity index (χ3n) is 4.20. The van der Waals surface area contributed by atoms with Crippen LogP contribution < -0.4 is 10.8 Å². The van der Waals surface area contributed by atoms with Crippen LogP contribution in [0.4, 0.5) is 5.95 Å². The largest absolute Gasteiger partial charge is 0.496 e. The first-order chi connectivity index (χ1) is 9.82. The lowest BCUT2D eigenvalue weighted by Crippen LogP contribution is -2.41. The molecule has 0 atom stereocenters. The van der Waals surface area contributed by atoms with Crippen molar-refractivity contribution in [2.45, 2.75) is 38.9 Å². The summed E-state index contributed by atoms with van der Waals surface area (Å²) in [6, 6.07) is 1.96. The van der Waals surface area contributed by atoms with Crippen LogP contribution in [-0.2, 0) is 9.31 Å². The number of rotatable bonds is 2. The normalized spacial score (nSPS) is 20.0. The van der Waals surface area contributed by atoms with Crippen molar-refractivity contribution in [3.05, 3.63) is 18.5 Å². The summed E-state index contributed by atoms with van der Waals surface area (Å²) in [6.07, 6.45) is 3.49. The Morgan fingerprint density at radius 2 is 1.71 bits per heavy atom. The van der Waals surface area contributed by atoms with Gasteiger partial charge in [0.1, 0.15) is 0 Å². The molecule has 1 aliphatic heterocycles. The maximum atomic E-state index is 6.03. The number of hydrogen-bond acceptors (Lipinski definition) is 6. The van der Waals surface area contributed by atoms with Crippen molar-refractivity contribution in [2.24, 2.45) is 0 Å². The van der Waals surface area contributed by atoms with E-state index in [0.29, 0.717) is 11.6 Å². The van der Waals surface area contributed by atoms with Crippen LogP contribution in [-0.4, -0.2) is 40.3 Å². The van der Waals surface area contributed by atoms with Gasteiger partial charge in [-0.25, -0.2) is 9.97 Å². The van der Waals surface area contributed by atoms with Crippen LogP contribution >= 0.6 is 0 Å². The fourth-order valence-corrected chi connectivity index (χ4v) is 2.17. The van der Waals surface area contributed by atoms with Gasteiger partial charge in [0.25, 0.3) is 0 Å². The molecule has 2 aromatic rings. The van der Waals surface area contributed by atoms with E-state index in [2.05, 4.69) is 20.3 Å². The topological polar surface area (TPSA) is 69.2 Å². The monoisotopic (exact) mass is 286 g/mol. The predicted octanol–water partition coefficient (Wildman–Crippen LogP) is 1.37. The fourth-order valence-electron chi connectivity index (χ4n) is 2.17. The Morgan fingerprint density at radius 1 is 1.05 bits per heavy atom. The molecule has 1 fully saturated rings. The zero-order chi connectivity index (χ0) is 15.3. The standard InChI is InChI=1S/C14H19BN4O2/c1-13(2)14(3,4)21-15(20-13)10-6-9-7-18-12(16-5)19-11(9)17-8-10/h6-8H,1-5H3,(H,16,17,18,19). The van der Waals surface area contributed by atoms with Crippen LogP contribution in [0.15, 0.2) is 18.5 Å². The molecule has 0 aliphatic carbocycles. The van der Waals surface area contributed by atoms with E-state index in [1.807, 2.05) is 33.8 Å². The molecule has 3 rings (SSSR count). The maximum Gasteiger partial charge on any atom is 0.496 e. The molecule has 0 saturated carbocycles. The van der Waals surface area contributed by atoms with Gasteiger partial charge >= 0.3 is 7.12 Å². The first-order valence-corrected chi connectivity index (χ1v) is 6.98. The van der Waals surface area contributed by atoms with E-state index in [1.54, 1.807) is 19.4 Å². The molecular weight excluding hydrogens is 267 g/mol. The SMILES string of the molecule is CNc1ncc2cc(B3OC(C)(C)C(C)(C)O3)cnc2n1. The van der Waals surface area contributed by atoms with Gasteiger partial charge in [-0.2, -0.15) is 4.98 Å². The lowest BCUT2D eigenvalue weighted by molar-refractivity contribution is 0.00578. The first-order valence-electron chi connectivity index (χ1n) is 6.98. The molecule has 1 N–H and O–H groups in total. The van der Waals surface area contributed by atoms with E-state index in [-0.39, 0.29) is 11.2 Å². The molecule has 1 aliphatic rings. The third-order valence-corrected chi connectivity index (χ3v) is 4.20. The summed E-state index contributed by atoms with van der Waals surface area (Å²) in [4.78, 5) is 12.9. The molecule has 6 nitrogen and oxygen atoms in total. The van der Waals surface area contributed by atoms with Crippen molar-refractivity contribution in [3.63, 3.8) is 0 Å². The Kier molecular flexibility index (Phi) is 3.14. The molecule has 21 heavy (non-hydrogen) atoms. The molecule has 0 radical (unpaired) electrons. The highest BCUT2D eigenvalue weighted by molar-refractivity contribution is 6.62. The molecule has 7 heteroatoms. The van der Waals surface area contributed by atoms with E-state index in [0.717, 1.165) is 10.8 Å². The number of nitrogens with zero attached hydrogens (tertiary/aromatic N) is 3. The summed E-state index contributed by atoms with van der Waals surface area (Å²) in [7, 11) is 1.36. The Morgan fingerprint density at radius 3 is 2.33 bits per heavy atom. The number of anilines is 1. The van der Waals surface area contributed by atoms with E-state index in [4.69, 9.17) is 9.31 Å². The minimum atomic E-state index is -0.420. The number of pyridine rings is 1. The summed E-state index contributed by atoms with van der Waals surface area (Å²) >= 11 is 0. The molecule has 0 bridgehead atoms. The van der Waals surface area contributed by atoms with Gasteiger partial charge in [-0.05, 0) is 33.8 Å². The van der Waals surface area contributed by atoms with Crippen molar-refractivity contribution in [2.75, 3.05) is 12.4 Å². The smallest absolute Gasteiger partial charge is 0.399 e. The Balaban J connectivity index is 1.96. The van der Waals surface area contributed by atoms with Gasteiger partial charge in [0.15, 0.2) is 5.65 Å². The van der Waals surface area contributed by atoms with Gasteiger partial charge in [-0.1, -0.05) is 0 Å². The summed E-state index contributed by atoms with van der Waals surface area (Å²) < 4.78 is 12.1. The van der Waals surface area contributed by atoms with Crippen molar-refractivity contribution in [1.82, 2.24) is 15.0 Å². The molecule has 110 valence electrons. The number of aromatic nitrogens is 3. The van der Waals surface area contributed by atoms with E-state index in [9.17, 15) is 0 Å². The van der Waals surface area contributed by atoms with E-state index in [1.165, 1.54) is 0 Å². The van der Waals surface area contributed by atoms with Gasteiger partial charge in [0.05, 0.1) is 11.2 Å². The maximum absolute atomic E-state index is 6.03.